The average Bonchev–Trinajstić information content (AvgIpc) is 2.71. The maximum atomic E-state index is 13.0. The van der Waals surface area contributed by atoms with E-state index >= 15 is 0 Å². The lowest BCUT2D eigenvalue weighted by molar-refractivity contribution is -0.116. The van der Waals surface area contributed by atoms with E-state index in [0.29, 0.717) is 28.5 Å². The van der Waals surface area contributed by atoms with Crippen LogP contribution < -0.4 is 19.5 Å². The van der Waals surface area contributed by atoms with Gasteiger partial charge in [0, 0.05) is 12.6 Å². The van der Waals surface area contributed by atoms with E-state index in [0.717, 1.165) is 4.31 Å². The molecule has 158 valence electrons. The van der Waals surface area contributed by atoms with Gasteiger partial charge in [-0.1, -0.05) is 6.92 Å². The summed E-state index contributed by atoms with van der Waals surface area (Å²) in [6.07, 6.45) is 0. The fourth-order valence-electron chi connectivity index (χ4n) is 2.79. The van der Waals surface area contributed by atoms with Gasteiger partial charge in [0.05, 0.1) is 38.5 Å². The number of hydrogen-bond acceptors (Lipinski definition) is 6. The first-order valence-corrected chi connectivity index (χ1v) is 10.4. The van der Waals surface area contributed by atoms with Crippen LogP contribution in [0.3, 0.4) is 0 Å². The standard InChI is InChI=1S/C20H26N2O6S/c1-6-22(29(24,25)16-8-10-18(27-4)14(2)11-16)13-20(23)21-17-12-15(26-3)7-9-19(17)28-5/h7-12H,6,13H2,1-5H3,(H,21,23). The third kappa shape index (κ3) is 5.18. The first-order chi connectivity index (χ1) is 13.8. The summed E-state index contributed by atoms with van der Waals surface area (Å²) in [5.41, 5.74) is 1.08. The van der Waals surface area contributed by atoms with Crippen molar-refractivity contribution in [3.63, 3.8) is 0 Å². The molecule has 2 aromatic rings. The number of nitrogens with one attached hydrogen (secondary N) is 1. The number of nitrogens with zero attached hydrogens (tertiary/aromatic N) is 1. The quantitative estimate of drug-likeness (QED) is 0.668. The van der Waals surface area contributed by atoms with Crippen LogP contribution in [0, 0.1) is 6.92 Å². The molecule has 0 bridgehead atoms. The van der Waals surface area contributed by atoms with Crippen LogP contribution in [0.15, 0.2) is 41.3 Å². The molecule has 0 aliphatic heterocycles. The summed E-state index contributed by atoms with van der Waals surface area (Å²) in [7, 11) is 0.654. The molecule has 0 aliphatic rings. The molecule has 0 aliphatic carbocycles. The van der Waals surface area contributed by atoms with Gasteiger partial charge < -0.3 is 19.5 Å². The Hall–Kier alpha value is -2.78. The van der Waals surface area contributed by atoms with Crippen LogP contribution in [-0.2, 0) is 14.8 Å². The van der Waals surface area contributed by atoms with E-state index in [4.69, 9.17) is 14.2 Å². The second-order valence-electron chi connectivity index (χ2n) is 6.18. The normalized spacial score (nSPS) is 11.2. The van der Waals surface area contributed by atoms with Crippen molar-refractivity contribution < 1.29 is 27.4 Å². The topological polar surface area (TPSA) is 94.2 Å². The molecule has 1 amide bonds. The second kappa shape index (κ2) is 9.62. The zero-order valence-electron chi connectivity index (χ0n) is 17.2. The Bertz CT molecular complexity index is 975. The molecular formula is C20H26N2O6S. The van der Waals surface area contributed by atoms with E-state index < -0.39 is 15.9 Å². The molecular weight excluding hydrogens is 396 g/mol. The van der Waals surface area contributed by atoms with Gasteiger partial charge in [-0.15, -0.1) is 0 Å². The minimum Gasteiger partial charge on any atom is -0.497 e. The van der Waals surface area contributed by atoms with Crippen molar-refractivity contribution in [3.05, 3.63) is 42.0 Å². The van der Waals surface area contributed by atoms with Crippen molar-refractivity contribution in [2.24, 2.45) is 0 Å². The van der Waals surface area contributed by atoms with Gasteiger partial charge in [0.2, 0.25) is 15.9 Å². The van der Waals surface area contributed by atoms with E-state index in [-0.39, 0.29) is 18.0 Å². The maximum Gasteiger partial charge on any atom is 0.243 e. The number of ether oxygens (including phenoxy) is 3. The lowest BCUT2D eigenvalue weighted by Crippen LogP contribution is -2.37. The van der Waals surface area contributed by atoms with E-state index in [2.05, 4.69) is 5.32 Å². The zero-order chi connectivity index (χ0) is 21.6. The summed E-state index contributed by atoms with van der Waals surface area (Å²) in [6.45, 7) is 3.23. The summed E-state index contributed by atoms with van der Waals surface area (Å²) in [5.74, 6) is 1.08. The van der Waals surface area contributed by atoms with Crippen LogP contribution in [0.5, 0.6) is 17.2 Å². The highest BCUT2D eigenvalue weighted by Gasteiger charge is 2.26. The van der Waals surface area contributed by atoms with E-state index in [1.54, 1.807) is 38.1 Å². The van der Waals surface area contributed by atoms with Gasteiger partial charge in [-0.3, -0.25) is 4.79 Å². The number of rotatable bonds is 9. The van der Waals surface area contributed by atoms with Crippen molar-refractivity contribution in [2.75, 3.05) is 39.7 Å². The molecule has 0 aromatic heterocycles. The Morgan fingerprint density at radius 3 is 2.21 bits per heavy atom. The van der Waals surface area contributed by atoms with Crippen molar-refractivity contribution in [2.45, 2.75) is 18.7 Å². The fraction of sp³-hybridized carbons (Fsp3) is 0.350. The lowest BCUT2D eigenvalue weighted by atomic mass is 10.2. The van der Waals surface area contributed by atoms with Gasteiger partial charge in [-0.05, 0) is 42.8 Å². The molecule has 8 nitrogen and oxygen atoms in total. The number of benzene rings is 2. The number of sulfonamides is 1. The highest BCUT2D eigenvalue weighted by Crippen LogP contribution is 2.29. The van der Waals surface area contributed by atoms with Crippen molar-refractivity contribution in [1.82, 2.24) is 4.31 Å². The van der Waals surface area contributed by atoms with Crippen molar-refractivity contribution >= 4 is 21.6 Å². The van der Waals surface area contributed by atoms with Crippen LogP contribution in [0.2, 0.25) is 0 Å². The minimum absolute atomic E-state index is 0.101. The number of methoxy groups -OCH3 is 3. The van der Waals surface area contributed by atoms with Crippen LogP contribution in [0.4, 0.5) is 5.69 Å². The molecule has 2 aromatic carbocycles. The predicted molar refractivity (Wildman–Crippen MR) is 110 cm³/mol. The molecule has 9 heteroatoms. The van der Waals surface area contributed by atoms with Gasteiger partial charge in [0.1, 0.15) is 17.2 Å². The molecule has 29 heavy (non-hydrogen) atoms. The Balaban J connectivity index is 2.22. The minimum atomic E-state index is -3.85. The monoisotopic (exact) mass is 422 g/mol. The number of aryl methyl sites for hydroxylation is 1. The number of anilines is 1. The molecule has 0 unspecified atom stereocenters. The summed E-state index contributed by atoms with van der Waals surface area (Å²) in [4.78, 5) is 12.7. The summed E-state index contributed by atoms with van der Waals surface area (Å²) in [5, 5.41) is 2.68. The van der Waals surface area contributed by atoms with Gasteiger partial charge >= 0.3 is 0 Å². The van der Waals surface area contributed by atoms with Crippen LogP contribution >= 0.6 is 0 Å². The largest absolute Gasteiger partial charge is 0.497 e. The van der Waals surface area contributed by atoms with Crippen LogP contribution in [0.25, 0.3) is 0 Å². The Labute approximate surface area is 171 Å². The molecule has 0 spiro atoms. The predicted octanol–water partition coefficient (Wildman–Crippen LogP) is 2.67. The fourth-order valence-corrected chi connectivity index (χ4v) is 4.28. The first-order valence-electron chi connectivity index (χ1n) is 8.93. The molecule has 0 radical (unpaired) electrons. The lowest BCUT2D eigenvalue weighted by Gasteiger charge is -2.21. The van der Waals surface area contributed by atoms with Gasteiger partial charge in [0.25, 0.3) is 0 Å². The van der Waals surface area contributed by atoms with Crippen molar-refractivity contribution in [3.8, 4) is 17.2 Å². The molecule has 2 rings (SSSR count). The average molecular weight is 423 g/mol. The molecule has 1 N–H and O–H groups in total. The number of amides is 1. The highest BCUT2D eigenvalue weighted by molar-refractivity contribution is 7.89. The third-order valence-electron chi connectivity index (χ3n) is 4.36. The molecule has 0 atom stereocenters. The third-order valence-corrected chi connectivity index (χ3v) is 6.27. The Morgan fingerprint density at radius 1 is 1.00 bits per heavy atom. The number of likely N-dealkylation sites (N-methyl/N-ethyl adjacent to an activating group) is 1. The summed E-state index contributed by atoms with van der Waals surface area (Å²) >= 11 is 0. The highest BCUT2D eigenvalue weighted by atomic mass is 32.2. The maximum absolute atomic E-state index is 13.0. The van der Waals surface area contributed by atoms with Gasteiger partial charge in [0.15, 0.2) is 0 Å². The molecule has 0 heterocycles. The molecule has 0 saturated heterocycles. The first kappa shape index (κ1) is 22.5. The van der Waals surface area contributed by atoms with Crippen LogP contribution in [0.1, 0.15) is 12.5 Å². The van der Waals surface area contributed by atoms with E-state index in [1.165, 1.54) is 33.5 Å². The van der Waals surface area contributed by atoms with Crippen LogP contribution in [-0.4, -0.2) is 53.0 Å². The number of carbonyl (C=O) groups is 1. The summed E-state index contributed by atoms with van der Waals surface area (Å²) < 4.78 is 42.6. The van der Waals surface area contributed by atoms with Crippen molar-refractivity contribution in [1.29, 1.82) is 0 Å². The molecule has 0 fully saturated rings. The number of carbonyl (C=O) groups excluding carboxylic acids is 1. The SMILES string of the molecule is CCN(CC(=O)Nc1cc(OC)ccc1OC)S(=O)(=O)c1ccc(OC)c(C)c1. The van der Waals surface area contributed by atoms with Gasteiger partial charge in [-0.2, -0.15) is 4.31 Å². The second-order valence-corrected chi connectivity index (χ2v) is 8.11. The molecule has 0 saturated carbocycles. The Kier molecular flexibility index (Phi) is 7.46. The zero-order valence-corrected chi connectivity index (χ0v) is 18.0. The number of hydrogen-bond donors (Lipinski definition) is 1. The van der Waals surface area contributed by atoms with E-state index in [1.807, 2.05) is 0 Å². The van der Waals surface area contributed by atoms with E-state index in [9.17, 15) is 13.2 Å². The van der Waals surface area contributed by atoms with Gasteiger partial charge in [-0.25, -0.2) is 8.42 Å². The summed E-state index contributed by atoms with van der Waals surface area (Å²) in [6, 6.07) is 9.55. The smallest absolute Gasteiger partial charge is 0.243 e. The Morgan fingerprint density at radius 2 is 1.66 bits per heavy atom.